The summed E-state index contributed by atoms with van der Waals surface area (Å²) >= 11 is 0. The van der Waals surface area contributed by atoms with E-state index < -0.39 is 5.91 Å². The lowest BCUT2D eigenvalue weighted by Gasteiger charge is -2.44. The molecule has 0 aliphatic carbocycles. The van der Waals surface area contributed by atoms with Crippen LogP contribution in [0.1, 0.15) is 54.3 Å². The Kier molecular flexibility index (Phi) is 6.77. The molecule has 5 rings (SSSR count). The average Bonchev–Trinajstić information content (AvgIpc) is 3.40. The van der Waals surface area contributed by atoms with E-state index in [0.717, 1.165) is 47.7 Å². The van der Waals surface area contributed by atoms with Crippen LogP contribution < -0.4 is 21.3 Å². The smallest absolute Gasteiger partial charge is 0.315 e. The van der Waals surface area contributed by atoms with Crippen LogP contribution in [0.4, 0.5) is 17.3 Å². The van der Waals surface area contributed by atoms with Crippen LogP contribution in [0.15, 0.2) is 53.4 Å². The van der Waals surface area contributed by atoms with Crippen LogP contribution >= 0.6 is 0 Å². The van der Waals surface area contributed by atoms with Crippen LogP contribution in [0, 0.1) is 6.92 Å². The molecule has 1 amide bonds. The summed E-state index contributed by atoms with van der Waals surface area (Å²) in [5.41, 5.74) is 10.1. The van der Waals surface area contributed by atoms with Gasteiger partial charge in [0, 0.05) is 42.7 Å². The minimum absolute atomic E-state index is 0.0277. The quantitative estimate of drug-likeness (QED) is 0.336. The van der Waals surface area contributed by atoms with Gasteiger partial charge in [0.05, 0.1) is 17.6 Å². The molecule has 1 saturated heterocycles. The van der Waals surface area contributed by atoms with Gasteiger partial charge in [-0.25, -0.2) is 15.0 Å². The highest BCUT2D eigenvalue weighted by Gasteiger charge is 2.29. The second-order valence-electron chi connectivity index (χ2n) is 10.1. The van der Waals surface area contributed by atoms with Crippen molar-refractivity contribution in [2.45, 2.75) is 39.2 Å². The third-order valence-corrected chi connectivity index (χ3v) is 6.86. The number of carbonyl (C=O) groups is 1. The maximum absolute atomic E-state index is 11.3. The van der Waals surface area contributed by atoms with Gasteiger partial charge in [-0.1, -0.05) is 24.2 Å². The minimum atomic E-state index is -0.745. The van der Waals surface area contributed by atoms with Gasteiger partial charge in [-0.15, -0.1) is 0 Å². The molecular weight excluding hydrogens is 482 g/mol. The maximum atomic E-state index is 11.3. The van der Waals surface area contributed by atoms with E-state index in [9.17, 15) is 4.79 Å². The molecule has 3 aromatic heterocycles. The largest absolute Gasteiger partial charge is 0.363 e. The molecule has 1 fully saturated rings. The van der Waals surface area contributed by atoms with Crippen molar-refractivity contribution >= 4 is 23.2 Å². The molecule has 4 aromatic rings. The number of hydrogen-bond acceptors (Lipinski definition) is 10. The number of aryl methyl sites for hydroxylation is 1. The molecule has 4 N–H and O–H groups in total. The first kappa shape index (κ1) is 25.3. The number of anilines is 3. The lowest BCUT2D eigenvalue weighted by atomic mass is 9.93. The molecule has 1 aliphatic heterocycles. The molecule has 1 aliphatic rings. The molecule has 0 bridgehead atoms. The van der Waals surface area contributed by atoms with E-state index in [1.54, 1.807) is 0 Å². The lowest BCUT2D eigenvalue weighted by molar-refractivity contribution is 0.0958. The molecule has 4 heterocycles. The van der Waals surface area contributed by atoms with Gasteiger partial charge >= 0.3 is 11.8 Å². The van der Waals surface area contributed by atoms with E-state index in [4.69, 9.17) is 10.3 Å². The first-order chi connectivity index (χ1) is 18.2. The van der Waals surface area contributed by atoms with Crippen LogP contribution in [0.25, 0.3) is 11.3 Å². The number of benzene rings is 1. The van der Waals surface area contributed by atoms with Crippen LogP contribution in [0.3, 0.4) is 0 Å². The third-order valence-electron chi connectivity index (χ3n) is 6.86. The van der Waals surface area contributed by atoms with E-state index in [1.807, 2.05) is 44.3 Å². The number of nitrogens with one attached hydrogen (secondary N) is 2. The summed E-state index contributed by atoms with van der Waals surface area (Å²) in [5.74, 6) is 0.650. The highest BCUT2D eigenvalue weighted by Crippen LogP contribution is 2.30. The molecule has 1 atom stereocenters. The predicted octanol–water partition coefficient (Wildman–Crippen LogP) is 3.41. The predicted molar refractivity (Wildman–Crippen MR) is 144 cm³/mol. The zero-order valence-corrected chi connectivity index (χ0v) is 21.9. The van der Waals surface area contributed by atoms with Crippen molar-refractivity contribution in [1.82, 2.24) is 30.4 Å². The van der Waals surface area contributed by atoms with Gasteiger partial charge in [-0.3, -0.25) is 4.79 Å². The molecule has 196 valence electrons. The summed E-state index contributed by atoms with van der Waals surface area (Å²) in [6, 6.07) is 12.0. The fourth-order valence-corrected chi connectivity index (χ4v) is 4.77. The van der Waals surface area contributed by atoms with Crippen molar-refractivity contribution in [2.24, 2.45) is 5.73 Å². The zero-order valence-electron chi connectivity index (χ0n) is 21.9. The number of nitrogens with two attached hydrogens (primary N) is 1. The number of primary amides is 1. The molecule has 11 nitrogen and oxygen atoms in total. The molecule has 0 spiro atoms. The Morgan fingerprint density at radius 2 is 2.00 bits per heavy atom. The first-order valence-corrected chi connectivity index (χ1v) is 12.5. The molecule has 38 heavy (non-hydrogen) atoms. The Labute approximate surface area is 220 Å². The molecule has 0 saturated carbocycles. The molecule has 0 radical (unpaired) electrons. The lowest BCUT2D eigenvalue weighted by Crippen LogP contribution is -2.58. The normalized spacial score (nSPS) is 15.7. The van der Waals surface area contributed by atoms with Gasteiger partial charge in [0.25, 0.3) is 0 Å². The monoisotopic (exact) mass is 513 g/mol. The Bertz CT molecular complexity index is 1450. The van der Waals surface area contributed by atoms with Crippen molar-refractivity contribution in [3.8, 4) is 11.3 Å². The Balaban J connectivity index is 1.31. The second-order valence-corrected chi connectivity index (χ2v) is 10.1. The highest BCUT2D eigenvalue weighted by atomic mass is 16.5. The van der Waals surface area contributed by atoms with E-state index in [-0.39, 0.29) is 17.3 Å². The molecule has 11 heteroatoms. The summed E-state index contributed by atoms with van der Waals surface area (Å²) in [4.78, 5) is 31.2. The third kappa shape index (κ3) is 5.18. The van der Waals surface area contributed by atoms with Gasteiger partial charge in [-0.2, -0.15) is 4.98 Å². The second kappa shape index (κ2) is 10.2. The van der Waals surface area contributed by atoms with Crippen molar-refractivity contribution < 1.29 is 9.32 Å². The van der Waals surface area contributed by atoms with Gasteiger partial charge in [0.15, 0.2) is 5.82 Å². The van der Waals surface area contributed by atoms with E-state index in [2.05, 4.69) is 66.6 Å². The fourth-order valence-electron chi connectivity index (χ4n) is 4.77. The number of piperazine rings is 1. The van der Waals surface area contributed by atoms with Gasteiger partial charge in [0.1, 0.15) is 18.0 Å². The van der Waals surface area contributed by atoms with Crippen LogP contribution in [0.5, 0.6) is 0 Å². The van der Waals surface area contributed by atoms with Crippen LogP contribution in [-0.4, -0.2) is 56.2 Å². The van der Waals surface area contributed by atoms with Gasteiger partial charge < -0.3 is 25.8 Å². The number of pyridine rings is 1. The van der Waals surface area contributed by atoms with Gasteiger partial charge in [0.2, 0.25) is 0 Å². The highest BCUT2D eigenvalue weighted by molar-refractivity contribution is 5.87. The van der Waals surface area contributed by atoms with Crippen molar-refractivity contribution in [1.29, 1.82) is 0 Å². The fraction of sp³-hybridized carbons (Fsp3) is 0.333. The van der Waals surface area contributed by atoms with Crippen molar-refractivity contribution in [3.05, 3.63) is 71.8 Å². The van der Waals surface area contributed by atoms with Crippen molar-refractivity contribution in [2.75, 3.05) is 29.9 Å². The first-order valence-electron chi connectivity index (χ1n) is 12.5. The number of rotatable bonds is 7. The van der Waals surface area contributed by atoms with E-state index >= 15 is 0 Å². The van der Waals surface area contributed by atoms with E-state index in [1.165, 1.54) is 6.33 Å². The Morgan fingerprint density at radius 3 is 2.68 bits per heavy atom. The Hall–Kier alpha value is -4.38. The molecular formula is C27H31N9O2. The van der Waals surface area contributed by atoms with Crippen molar-refractivity contribution in [3.63, 3.8) is 0 Å². The number of carbonyl (C=O) groups excluding carboxylic acids is 1. The minimum Gasteiger partial charge on any atom is -0.363 e. The average molecular weight is 514 g/mol. The summed E-state index contributed by atoms with van der Waals surface area (Å²) < 4.78 is 4.94. The van der Waals surface area contributed by atoms with Crippen LogP contribution in [-0.2, 0) is 0 Å². The number of aromatic nitrogens is 5. The standard InChI is InChI=1S/C27H31N9O2/c1-16-11-18(5-7-20(16)17(2)25-34-26(24(28)37)38-35-25)21-12-23(32-15-31-21)33-22-8-6-19(13-30-22)36-10-9-29-14-27(36,3)4/h5-8,11-13,15,17,29H,9-10,14H2,1-4H3,(H2,28,37)(H,30,31,32,33). The summed E-state index contributed by atoms with van der Waals surface area (Å²) in [6.45, 7) is 11.3. The number of amides is 1. The molecule has 1 unspecified atom stereocenters. The SMILES string of the molecule is Cc1cc(-c2cc(Nc3ccc(N4CCNCC4(C)C)cn3)ncn2)ccc1C(C)c1noc(C(N)=O)n1. The van der Waals surface area contributed by atoms with Crippen LogP contribution in [0.2, 0.25) is 0 Å². The van der Waals surface area contributed by atoms with E-state index in [0.29, 0.717) is 17.5 Å². The summed E-state index contributed by atoms with van der Waals surface area (Å²) in [7, 11) is 0. The Morgan fingerprint density at radius 1 is 1.16 bits per heavy atom. The number of nitrogens with zero attached hydrogens (tertiary/aromatic N) is 6. The zero-order chi connectivity index (χ0) is 26.9. The maximum Gasteiger partial charge on any atom is 0.315 e. The summed E-state index contributed by atoms with van der Waals surface area (Å²) in [6.07, 6.45) is 3.43. The summed E-state index contributed by atoms with van der Waals surface area (Å²) in [5, 5.41) is 10.6. The topological polar surface area (TPSA) is 148 Å². The molecule has 1 aromatic carbocycles. The van der Waals surface area contributed by atoms with Gasteiger partial charge in [-0.05, 0) is 50.1 Å². The number of hydrogen-bond donors (Lipinski definition) is 3.